The Morgan fingerprint density at radius 2 is 1.88 bits per heavy atom. The van der Waals surface area contributed by atoms with E-state index in [1.54, 1.807) is 24.3 Å². The smallest absolute Gasteiger partial charge is 0.267 e. The molecule has 6 heteroatoms. The van der Waals surface area contributed by atoms with E-state index < -0.39 is 0 Å². The molecule has 2 N–H and O–H groups in total. The molecule has 0 atom stereocenters. The Kier molecular flexibility index (Phi) is 7.17. The maximum absolute atomic E-state index is 12.5. The van der Waals surface area contributed by atoms with Crippen molar-refractivity contribution in [1.29, 1.82) is 0 Å². The molecule has 2 aromatic rings. The first-order valence-electron chi connectivity index (χ1n) is 8.52. The Morgan fingerprint density at radius 1 is 1.15 bits per heavy atom. The molecule has 2 amide bonds. The Hall–Kier alpha value is -2.86. The maximum Gasteiger partial charge on any atom is 0.267 e. The lowest BCUT2D eigenvalue weighted by atomic mass is 10.1. The van der Waals surface area contributed by atoms with Gasteiger partial charge in [-0.2, -0.15) is 0 Å². The number of carbonyl (C=O) groups excluding carboxylic acids is 2. The van der Waals surface area contributed by atoms with Gasteiger partial charge in [0.2, 0.25) is 0 Å². The summed E-state index contributed by atoms with van der Waals surface area (Å²) in [6, 6.07) is 10.6. The summed E-state index contributed by atoms with van der Waals surface area (Å²) in [6.07, 6.45) is 3.85. The molecule has 2 rings (SSSR count). The average Bonchev–Trinajstić information content (AvgIpc) is 3.11. The van der Waals surface area contributed by atoms with E-state index in [1.807, 2.05) is 38.1 Å². The summed E-state index contributed by atoms with van der Waals surface area (Å²) in [4.78, 5) is 27.0. The van der Waals surface area contributed by atoms with Gasteiger partial charge in [0.05, 0.1) is 6.26 Å². The zero-order chi connectivity index (χ0) is 18.9. The topological polar surface area (TPSA) is 74.6 Å². The van der Waals surface area contributed by atoms with Gasteiger partial charge < -0.3 is 20.0 Å². The second-order valence-electron chi connectivity index (χ2n) is 6.31. The molecule has 0 radical (unpaired) electrons. The van der Waals surface area contributed by atoms with Crippen LogP contribution in [-0.2, 0) is 4.79 Å². The average molecular weight is 355 g/mol. The van der Waals surface area contributed by atoms with Crippen molar-refractivity contribution >= 4 is 17.9 Å². The van der Waals surface area contributed by atoms with Crippen LogP contribution in [0.25, 0.3) is 6.08 Å². The predicted molar refractivity (Wildman–Crippen MR) is 102 cm³/mol. The molecule has 0 fully saturated rings. The molecule has 0 saturated heterocycles. The lowest BCUT2D eigenvalue weighted by molar-refractivity contribution is -0.117. The van der Waals surface area contributed by atoms with Crippen molar-refractivity contribution in [3.05, 3.63) is 65.2 Å². The number of furan rings is 1. The van der Waals surface area contributed by atoms with Crippen LogP contribution in [0.2, 0.25) is 0 Å². The normalized spacial score (nSPS) is 11.5. The minimum atomic E-state index is -0.347. The summed E-state index contributed by atoms with van der Waals surface area (Å²) in [6.45, 7) is 3.34. The highest BCUT2D eigenvalue weighted by Crippen LogP contribution is 2.08. The zero-order valence-electron chi connectivity index (χ0n) is 15.4. The first-order valence-corrected chi connectivity index (χ1v) is 8.52. The summed E-state index contributed by atoms with van der Waals surface area (Å²) in [5.74, 6) is -0.195. The first kappa shape index (κ1) is 19.5. The summed E-state index contributed by atoms with van der Waals surface area (Å²) in [7, 11) is 3.96. The van der Waals surface area contributed by atoms with Gasteiger partial charge in [-0.15, -0.1) is 0 Å². The number of hydrogen-bond acceptors (Lipinski definition) is 4. The molecule has 1 aromatic carbocycles. The molecule has 1 heterocycles. The number of carbonyl (C=O) groups is 2. The minimum absolute atomic E-state index is 0.148. The van der Waals surface area contributed by atoms with E-state index in [2.05, 4.69) is 10.6 Å². The number of amides is 2. The van der Waals surface area contributed by atoms with Gasteiger partial charge in [0.15, 0.2) is 0 Å². The number of benzene rings is 1. The Morgan fingerprint density at radius 3 is 2.50 bits per heavy atom. The lowest BCUT2D eigenvalue weighted by Crippen LogP contribution is -2.36. The van der Waals surface area contributed by atoms with Crippen molar-refractivity contribution in [2.24, 2.45) is 0 Å². The van der Waals surface area contributed by atoms with Gasteiger partial charge in [0.25, 0.3) is 11.8 Å². The van der Waals surface area contributed by atoms with Gasteiger partial charge in [-0.25, -0.2) is 0 Å². The largest absolute Gasteiger partial charge is 0.465 e. The molecule has 138 valence electrons. The van der Waals surface area contributed by atoms with E-state index >= 15 is 0 Å². The first-order chi connectivity index (χ1) is 12.5. The van der Waals surface area contributed by atoms with E-state index in [-0.39, 0.29) is 17.5 Å². The Balaban J connectivity index is 2.07. The molecular weight excluding hydrogens is 330 g/mol. The van der Waals surface area contributed by atoms with Crippen molar-refractivity contribution in [1.82, 2.24) is 15.5 Å². The summed E-state index contributed by atoms with van der Waals surface area (Å²) < 4.78 is 5.26. The van der Waals surface area contributed by atoms with Gasteiger partial charge in [0, 0.05) is 18.2 Å². The van der Waals surface area contributed by atoms with Gasteiger partial charge in [-0.1, -0.05) is 17.7 Å². The van der Waals surface area contributed by atoms with Crippen LogP contribution < -0.4 is 10.6 Å². The van der Waals surface area contributed by atoms with Crippen molar-refractivity contribution in [2.45, 2.75) is 13.3 Å². The van der Waals surface area contributed by atoms with Gasteiger partial charge >= 0.3 is 0 Å². The predicted octanol–water partition coefficient (Wildman–Crippen LogP) is 2.43. The lowest BCUT2D eigenvalue weighted by Gasteiger charge is -2.12. The number of hydrogen-bond donors (Lipinski definition) is 2. The van der Waals surface area contributed by atoms with Crippen LogP contribution >= 0.6 is 0 Å². The van der Waals surface area contributed by atoms with E-state index in [4.69, 9.17) is 4.42 Å². The molecule has 0 unspecified atom stereocenters. The fraction of sp³-hybridized carbons (Fsp3) is 0.300. The highest BCUT2D eigenvalue weighted by Gasteiger charge is 2.15. The highest BCUT2D eigenvalue weighted by molar-refractivity contribution is 6.05. The van der Waals surface area contributed by atoms with Gasteiger partial charge in [0.1, 0.15) is 11.5 Å². The van der Waals surface area contributed by atoms with E-state index in [0.29, 0.717) is 17.9 Å². The molecule has 6 nitrogen and oxygen atoms in total. The number of nitrogens with one attached hydrogen (secondary N) is 2. The summed E-state index contributed by atoms with van der Waals surface area (Å²) >= 11 is 0. The molecule has 0 saturated carbocycles. The van der Waals surface area contributed by atoms with Crippen LogP contribution in [0.4, 0.5) is 0 Å². The van der Waals surface area contributed by atoms with Crippen molar-refractivity contribution in [3.63, 3.8) is 0 Å². The molecule has 0 aliphatic rings. The second-order valence-corrected chi connectivity index (χ2v) is 6.31. The van der Waals surface area contributed by atoms with Crippen LogP contribution in [0.15, 0.2) is 52.8 Å². The van der Waals surface area contributed by atoms with Crippen LogP contribution in [0.3, 0.4) is 0 Å². The highest BCUT2D eigenvalue weighted by atomic mass is 16.3. The van der Waals surface area contributed by atoms with Gasteiger partial charge in [-0.05, 0) is 58.3 Å². The van der Waals surface area contributed by atoms with Crippen molar-refractivity contribution < 1.29 is 14.0 Å². The molecule has 26 heavy (non-hydrogen) atoms. The number of aryl methyl sites for hydroxylation is 1. The van der Waals surface area contributed by atoms with Crippen LogP contribution in [0, 0.1) is 6.92 Å². The number of rotatable bonds is 8. The third kappa shape index (κ3) is 6.22. The standard InChI is InChI=1S/C20H25N3O3/c1-15-7-9-16(10-8-15)19(24)22-18(14-17-6-4-13-26-17)20(25)21-11-5-12-23(2)3/h4,6-10,13-14H,5,11-12H2,1-3H3,(H,21,25)(H,22,24)/b18-14-. The summed E-state index contributed by atoms with van der Waals surface area (Å²) in [5.41, 5.74) is 1.70. The quantitative estimate of drug-likeness (QED) is 0.563. The summed E-state index contributed by atoms with van der Waals surface area (Å²) in [5, 5.41) is 5.51. The van der Waals surface area contributed by atoms with Crippen LogP contribution in [0.1, 0.15) is 28.1 Å². The van der Waals surface area contributed by atoms with E-state index in [1.165, 1.54) is 12.3 Å². The molecule has 0 spiro atoms. The van der Waals surface area contributed by atoms with Crippen molar-refractivity contribution in [2.75, 3.05) is 27.2 Å². The van der Waals surface area contributed by atoms with Gasteiger partial charge in [-0.3, -0.25) is 9.59 Å². The molecule has 1 aromatic heterocycles. The SMILES string of the molecule is Cc1ccc(C(=O)N/C(=C\c2ccco2)C(=O)NCCCN(C)C)cc1. The minimum Gasteiger partial charge on any atom is -0.465 e. The van der Waals surface area contributed by atoms with E-state index in [0.717, 1.165) is 18.5 Å². The third-order valence-electron chi connectivity index (χ3n) is 3.70. The monoisotopic (exact) mass is 355 g/mol. The second kappa shape index (κ2) is 9.58. The van der Waals surface area contributed by atoms with Crippen LogP contribution in [0.5, 0.6) is 0 Å². The Bertz CT molecular complexity index is 747. The molecule has 0 bridgehead atoms. The fourth-order valence-electron chi connectivity index (χ4n) is 2.27. The Labute approximate surface area is 153 Å². The van der Waals surface area contributed by atoms with E-state index in [9.17, 15) is 9.59 Å². The molecule has 0 aliphatic heterocycles. The third-order valence-corrected chi connectivity index (χ3v) is 3.70. The fourth-order valence-corrected chi connectivity index (χ4v) is 2.27. The number of nitrogens with zero attached hydrogens (tertiary/aromatic N) is 1. The molecule has 0 aliphatic carbocycles. The zero-order valence-corrected chi connectivity index (χ0v) is 15.4. The van der Waals surface area contributed by atoms with Crippen LogP contribution in [-0.4, -0.2) is 43.9 Å². The maximum atomic E-state index is 12.5. The van der Waals surface area contributed by atoms with Crippen molar-refractivity contribution in [3.8, 4) is 0 Å². The molecular formula is C20H25N3O3.